The van der Waals surface area contributed by atoms with E-state index in [9.17, 15) is 4.79 Å². The number of nitrogens with zero attached hydrogens (tertiary/aromatic N) is 1. The van der Waals surface area contributed by atoms with E-state index in [1.165, 1.54) is 16.5 Å². The molecule has 0 atom stereocenters. The van der Waals surface area contributed by atoms with E-state index in [1.807, 2.05) is 0 Å². The Kier molecular flexibility index (Phi) is 4.30. The average molecular weight is 364 g/mol. The molecule has 0 unspecified atom stereocenters. The second-order valence-electron chi connectivity index (χ2n) is 7.20. The molecule has 0 spiro atoms. The maximum absolute atomic E-state index is 12.7. The first kappa shape index (κ1) is 17.5. The van der Waals surface area contributed by atoms with Gasteiger partial charge in [-0.1, -0.05) is 18.2 Å². The molecule has 0 radical (unpaired) electrons. The molecule has 3 aromatic rings. The smallest absolute Gasteiger partial charge is 0.251 e. The van der Waals surface area contributed by atoms with Gasteiger partial charge in [-0.25, -0.2) is 0 Å². The largest absolute Gasteiger partial charge is 0.493 e. The first-order chi connectivity index (χ1) is 13.1. The number of ether oxygens (including phenoxy) is 2. The lowest BCUT2D eigenvalue weighted by molar-refractivity contribution is 0.0949. The summed E-state index contributed by atoms with van der Waals surface area (Å²) in [5, 5.41) is 4.39. The van der Waals surface area contributed by atoms with Crippen LogP contribution >= 0.6 is 0 Å². The van der Waals surface area contributed by atoms with Crippen molar-refractivity contribution in [1.82, 2.24) is 9.88 Å². The highest BCUT2D eigenvalue weighted by Crippen LogP contribution is 2.50. The van der Waals surface area contributed by atoms with Crippen LogP contribution in [0.3, 0.4) is 0 Å². The molecule has 1 amide bonds. The van der Waals surface area contributed by atoms with E-state index in [1.54, 1.807) is 32.4 Å². The molecule has 0 saturated heterocycles. The molecule has 1 fully saturated rings. The first-order valence-electron chi connectivity index (χ1n) is 9.13. The van der Waals surface area contributed by atoms with E-state index in [2.05, 4.69) is 47.4 Å². The van der Waals surface area contributed by atoms with Gasteiger partial charge in [0.2, 0.25) is 0 Å². The molecule has 1 N–H and O–H groups in total. The summed E-state index contributed by atoms with van der Waals surface area (Å²) in [7, 11) is 5.22. The molecule has 1 saturated carbocycles. The predicted octanol–water partition coefficient (Wildman–Crippen LogP) is 3.66. The fourth-order valence-corrected chi connectivity index (χ4v) is 3.79. The Morgan fingerprint density at radius 2 is 1.85 bits per heavy atom. The quantitative estimate of drug-likeness (QED) is 0.726. The number of aryl methyl sites for hydroxylation is 1. The van der Waals surface area contributed by atoms with Crippen LogP contribution in [-0.4, -0.2) is 31.2 Å². The maximum atomic E-state index is 12.7. The highest BCUT2D eigenvalue weighted by Gasteiger charge is 2.46. The number of methoxy groups -OCH3 is 2. The molecule has 1 aliphatic carbocycles. The SMILES string of the molecule is COc1ccc(C(=O)NCC2(c3cn(C)c4ccccc34)CC2)cc1OC. The van der Waals surface area contributed by atoms with Gasteiger partial charge in [0.15, 0.2) is 11.5 Å². The molecule has 0 aliphatic heterocycles. The van der Waals surface area contributed by atoms with E-state index in [0.717, 1.165) is 12.8 Å². The number of carbonyl (C=O) groups excluding carboxylic acids is 1. The van der Waals surface area contributed by atoms with Gasteiger partial charge in [0.25, 0.3) is 5.91 Å². The van der Waals surface area contributed by atoms with Crippen molar-refractivity contribution >= 4 is 16.8 Å². The summed E-state index contributed by atoms with van der Waals surface area (Å²) < 4.78 is 12.7. The minimum Gasteiger partial charge on any atom is -0.493 e. The van der Waals surface area contributed by atoms with Crippen LogP contribution in [0.15, 0.2) is 48.7 Å². The van der Waals surface area contributed by atoms with Crippen LogP contribution in [0.4, 0.5) is 0 Å². The minimum absolute atomic E-state index is 0.0348. The van der Waals surface area contributed by atoms with Crippen molar-refractivity contribution in [1.29, 1.82) is 0 Å². The number of para-hydroxylation sites is 1. The van der Waals surface area contributed by atoms with E-state index in [4.69, 9.17) is 9.47 Å². The van der Waals surface area contributed by atoms with Gasteiger partial charge < -0.3 is 19.4 Å². The first-order valence-corrected chi connectivity index (χ1v) is 9.13. The summed E-state index contributed by atoms with van der Waals surface area (Å²) in [6.07, 6.45) is 4.39. The Hall–Kier alpha value is -2.95. The Morgan fingerprint density at radius 1 is 1.11 bits per heavy atom. The molecular weight excluding hydrogens is 340 g/mol. The van der Waals surface area contributed by atoms with Crippen molar-refractivity contribution in [3.63, 3.8) is 0 Å². The number of benzene rings is 2. The van der Waals surface area contributed by atoms with Crippen LogP contribution in [0.5, 0.6) is 11.5 Å². The summed E-state index contributed by atoms with van der Waals surface area (Å²) in [6, 6.07) is 13.7. The van der Waals surface area contributed by atoms with Crippen molar-refractivity contribution in [3.8, 4) is 11.5 Å². The standard InChI is InChI=1S/C22H24N2O3/c1-24-13-17(16-6-4-5-7-18(16)24)22(10-11-22)14-23-21(25)15-8-9-19(26-2)20(12-15)27-3/h4-9,12-13H,10-11,14H2,1-3H3,(H,23,25). The summed E-state index contributed by atoms with van der Waals surface area (Å²) in [6.45, 7) is 0.633. The number of carbonyl (C=O) groups is 1. The van der Waals surface area contributed by atoms with E-state index in [0.29, 0.717) is 23.6 Å². The van der Waals surface area contributed by atoms with Crippen LogP contribution in [0, 0.1) is 0 Å². The van der Waals surface area contributed by atoms with Gasteiger partial charge >= 0.3 is 0 Å². The molecular formula is C22H24N2O3. The Balaban J connectivity index is 1.54. The normalized spacial score (nSPS) is 14.8. The molecule has 5 nitrogen and oxygen atoms in total. The Morgan fingerprint density at radius 3 is 2.56 bits per heavy atom. The van der Waals surface area contributed by atoms with Crippen LogP contribution in [0.2, 0.25) is 0 Å². The van der Waals surface area contributed by atoms with Crippen molar-refractivity contribution in [3.05, 3.63) is 59.8 Å². The third-order valence-corrected chi connectivity index (χ3v) is 5.55. The summed E-state index contributed by atoms with van der Waals surface area (Å²) in [4.78, 5) is 12.7. The zero-order valence-corrected chi connectivity index (χ0v) is 15.9. The van der Waals surface area contributed by atoms with Crippen molar-refractivity contribution in [2.45, 2.75) is 18.3 Å². The average Bonchev–Trinajstić information content (AvgIpc) is 3.43. The van der Waals surface area contributed by atoms with Crippen LogP contribution < -0.4 is 14.8 Å². The summed E-state index contributed by atoms with van der Waals surface area (Å²) in [5.74, 6) is 1.08. The third kappa shape index (κ3) is 3.03. The molecule has 2 aromatic carbocycles. The van der Waals surface area contributed by atoms with Gasteiger partial charge in [0, 0.05) is 41.7 Å². The van der Waals surface area contributed by atoms with Crippen LogP contribution in [0.25, 0.3) is 10.9 Å². The number of aromatic nitrogens is 1. The fraction of sp³-hybridized carbons (Fsp3) is 0.318. The fourth-order valence-electron chi connectivity index (χ4n) is 3.79. The van der Waals surface area contributed by atoms with Gasteiger partial charge in [0.1, 0.15) is 0 Å². The number of amides is 1. The zero-order valence-electron chi connectivity index (χ0n) is 15.9. The number of nitrogens with one attached hydrogen (secondary N) is 1. The maximum Gasteiger partial charge on any atom is 0.251 e. The van der Waals surface area contributed by atoms with Gasteiger partial charge in [-0.15, -0.1) is 0 Å². The van der Waals surface area contributed by atoms with Crippen molar-refractivity contribution < 1.29 is 14.3 Å². The lowest BCUT2D eigenvalue weighted by atomic mass is 9.95. The van der Waals surface area contributed by atoms with E-state index < -0.39 is 0 Å². The number of fused-ring (bicyclic) bond motifs is 1. The topological polar surface area (TPSA) is 52.5 Å². The minimum atomic E-state index is -0.0949. The molecule has 4 rings (SSSR count). The molecule has 1 aliphatic rings. The molecule has 5 heteroatoms. The summed E-state index contributed by atoms with van der Waals surface area (Å²) in [5.41, 5.74) is 3.16. The van der Waals surface area contributed by atoms with Crippen molar-refractivity contribution in [2.24, 2.45) is 7.05 Å². The lowest BCUT2D eigenvalue weighted by Crippen LogP contribution is -2.32. The monoisotopic (exact) mass is 364 g/mol. The second-order valence-corrected chi connectivity index (χ2v) is 7.20. The lowest BCUT2D eigenvalue weighted by Gasteiger charge is -2.16. The van der Waals surface area contributed by atoms with Crippen molar-refractivity contribution in [2.75, 3.05) is 20.8 Å². The Labute approximate surface area is 158 Å². The second kappa shape index (κ2) is 6.65. The molecule has 140 valence electrons. The van der Waals surface area contributed by atoms with Gasteiger partial charge in [-0.2, -0.15) is 0 Å². The van der Waals surface area contributed by atoms with Crippen LogP contribution in [0.1, 0.15) is 28.8 Å². The molecule has 0 bridgehead atoms. The van der Waals surface area contributed by atoms with E-state index in [-0.39, 0.29) is 11.3 Å². The third-order valence-electron chi connectivity index (χ3n) is 5.55. The van der Waals surface area contributed by atoms with Gasteiger partial charge in [0.05, 0.1) is 14.2 Å². The molecule has 1 aromatic heterocycles. The highest BCUT2D eigenvalue weighted by molar-refractivity contribution is 5.95. The zero-order chi connectivity index (χ0) is 19.0. The highest BCUT2D eigenvalue weighted by atomic mass is 16.5. The predicted molar refractivity (Wildman–Crippen MR) is 106 cm³/mol. The summed E-state index contributed by atoms with van der Waals surface area (Å²) >= 11 is 0. The molecule has 1 heterocycles. The van der Waals surface area contributed by atoms with Crippen LogP contribution in [-0.2, 0) is 12.5 Å². The van der Waals surface area contributed by atoms with E-state index >= 15 is 0 Å². The van der Waals surface area contributed by atoms with Gasteiger partial charge in [-0.3, -0.25) is 4.79 Å². The number of rotatable bonds is 6. The number of hydrogen-bond donors (Lipinski definition) is 1. The Bertz CT molecular complexity index is 1000. The van der Waals surface area contributed by atoms with Gasteiger partial charge in [-0.05, 0) is 42.7 Å². The number of hydrogen-bond acceptors (Lipinski definition) is 3. The molecule has 27 heavy (non-hydrogen) atoms.